The molecule has 3 heterocycles. The number of fused-ring (bicyclic) bond motifs is 1. The van der Waals surface area contributed by atoms with Crippen LogP contribution < -0.4 is 10.1 Å². The minimum atomic E-state index is 0. The van der Waals surface area contributed by atoms with Crippen molar-refractivity contribution in [3.8, 4) is 5.75 Å². The Kier molecular flexibility index (Phi) is 6.59. The third-order valence-electron chi connectivity index (χ3n) is 4.86. The summed E-state index contributed by atoms with van der Waals surface area (Å²) in [6.07, 6.45) is 5.23. The van der Waals surface area contributed by atoms with Crippen molar-refractivity contribution in [1.82, 2.24) is 19.6 Å². The van der Waals surface area contributed by atoms with E-state index in [1.165, 1.54) is 5.56 Å². The standard InChI is InChI=1S/C19H23N5OS.HI/c1-20-18(21-11-16-13-24-9-10-26-19(24)22-16)23-8-7-15(12-23)14-3-5-17(25-2)6-4-14;/h3-6,9-10,13,15H,7-8,11-12H2,1-2H3,(H,20,21);1H. The number of nitrogens with zero attached hydrogens (tertiary/aromatic N) is 4. The van der Waals surface area contributed by atoms with Crippen LogP contribution in [0.4, 0.5) is 0 Å². The van der Waals surface area contributed by atoms with Crippen LogP contribution in [0.15, 0.2) is 47.0 Å². The highest BCUT2D eigenvalue weighted by Crippen LogP contribution is 2.28. The molecule has 4 rings (SSSR count). The Bertz CT molecular complexity index is 876. The second kappa shape index (κ2) is 8.92. The molecule has 0 saturated carbocycles. The molecule has 2 aromatic heterocycles. The van der Waals surface area contributed by atoms with E-state index in [-0.39, 0.29) is 24.0 Å². The average molecular weight is 497 g/mol. The van der Waals surface area contributed by atoms with Gasteiger partial charge in [-0.15, -0.1) is 35.3 Å². The van der Waals surface area contributed by atoms with Gasteiger partial charge in [-0.1, -0.05) is 12.1 Å². The number of hydrogen-bond acceptors (Lipinski definition) is 4. The van der Waals surface area contributed by atoms with E-state index >= 15 is 0 Å². The van der Waals surface area contributed by atoms with Gasteiger partial charge in [-0.2, -0.15) is 0 Å². The van der Waals surface area contributed by atoms with Crippen LogP contribution in [0.25, 0.3) is 4.96 Å². The van der Waals surface area contributed by atoms with Gasteiger partial charge in [0.25, 0.3) is 0 Å². The number of rotatable bonds is 4. The highest BCUT2D eigenvalue weighted by atomic mass is 127. The molecule has 0 amide bonds. The molecule has 1 N–H and O–H groups in total. The highest BCUT2D eigenvalue weighted by molar-refractivity contribution is 14.0. The molecule has 1 aromatic carbocycles. The summed E-state index contributed by atoms with van der Waals surface area (Å²) in [5, 5.41) is 5.50. The zero-order valence-electron chi connectivity index (χ0n) is 15.5. The van der Waals surface area contributed by atoms with E-state index in [2.05, 4.69) is 42.9 Å². The number of imidazole rings is 1. The largest absolute Gasteiger partial charge is 0.497 e. The Morgan fingerprint density at radius 3 is 2.89 bits per heavy atom. The molecule has 1 saturated heterocycles. The lowest BCUT2D eigenvalue weighted by Gasteiger charge is -2.21. The summed E-state index contributed by atoms with van der Waals surface area (Å²) in [5.74, 6) is 2.37. The first-order valence-electron chi connectivity index (χ1n) is 8.77. The Morgan fingerprint density at radius 2 is 2.19 bits per heavy atom. The number of aliphatic imine (C=N–C) groups is 1. The van der Waals surface area contributed by atoms with Crippen molar-refractivity contribution in [2.75, 3.05) is 27.2 Å². The lowest BCUT2D eigenvalue weighted by Crippen LogP contribution is -2.39. The van der Waals surface area contributed by atoms with E-state index in [0.29, 0.717) is 12.5 Å². The molecule has 1 fully saturated rings. The quantitative estimate of drug-likeness (QED) is 0.340. The van der Waals surface area contributed by atoms with Crippen molar-refractivity contribution in [2.45, 2.75) is 18.9 Å². The second-order valence-electron chi connectivity index (χ2n) is 6.43. The molecule has 1 unspecified atom stereocenters. The van der Waals surface area contributed by atoms with Crippen molar-refractivity contribution >= 4 is 46.2 Å². The summed E-state index contributed by atoms with van der Waals surface area (Å²) < 4.78 is 7.31. The lowest BCUT2D eigenvalue weighted by molar-refractivity contribution is 0.414. The SMILES string of the molecule is CN=C(NCc1cn2ccsc2n1)N1CCC(c2ccc(OC)cc2)C1.I. The number of halogens is 1. The Balaban J connectivity index is 0.00000210. The van der Waals surface area contributed by atoms with Crippen molar-refractivity contribution in [3.63, 3.8) is 0 Å². The Labute approximate surface area is 180 Å². The molecule has 1 aliphatic heterocycles. The molecule has 6 nitrogen and oxygen atoms in total. The number of methoxy groups -OCH3 is 1. The van der Waals surface area contributed by atoms with Crippen LogP contribution in [0.2, 0.25) is 0 Å². The average Bonchev–Trinajstić information content (AvgIpc) is 3.38. The molecule has 1 aliphatic rings. The Hall–Kier alpha value is -1.81. The molecular formula is C19H24IN5OS. The molecule has 0 bridgehead atoms. The maximum atomic E-state index is 5.25. The summed E-state index contributed by atoms with van der Waals surface area (Å²) in [7, 11) is 3.54. The van der Waals surface area contributed by atoms with E-state index in [1.54, 1.807) is 18.4 Å². The molecule has 0 aliphatic carbocycles. The Morgan fingerprint density at radius 1 is 1.37 bits per heavy atom. The highest BCUT2D eigenvalue weighted by Gasteiger charge is 2.26. The van der Waals surface area contributed by atoms with Crippen molar-refractivity contribution in [3.05, 3.63) is 53.3 Å². The first-order valence-corrected chi connectivity index (χ1v) is 9.65. The van der Waals surface area contributed by atoms with Gasteiger partial charge in [0.1, 0.15) is 5.75 Å². The predicted molar refractivity (Wildman–Crippen MR) is 121 cm³/mol. The van der Waals surface area contributed by atoms with E-state index in [9.17, 15) is 0 Å². The van der Waals surface area contributed by atoms with Gasteiger partial charge in [0.15, 0.2) is 10.9 Å². The zero-order valence-corrected chi connectivity index (χ0v) is 18.6. The number of nitrogens with one attached hydrogen (secondary N) is 1. The van der Waals surface area contributed by atoms with E-state index < -0.39 is 0 Å². The number of benzene rings is 1. The lowest BCUT2D eigenvalue weighted by atomic mass is 9.98. The van der Waals surface area contributed by atoms with Crippen LogP contribution in [-0.2, 0) is 6.54 Å². The van der Waals surface area contributed by atoms with Gasteiger partial charge >= 0.3 is 0 Å². The summed E-state index contributed by atoms with van der Waals surface area (Å²) in [5.41, 5.74) is 2.39. The first-order chi connectivity index (χ1) is 12.8. The molecule has 0 spiro atoms. The fourth-order valence-corrected chi connectivity index (χ4v) is 4.18. The van der Waals surface area contributed by atoms with Crippen LogP contribution in [-0.4, -0.2) is 47.5 Å². The van der Waals surface area contributed by atoms with E-state index in [4.69, 9.17) is 4.74 Å². The second-order valence-corrected chi connectivity index (χ2v) is 7.30. The number of thiazole rings is 1. The number of hydrogen-bond donors (Lipinski definition) is 1. The molecule has 27 heavy (non-hydrogen) atoms. The van der Waals surface area contributed by atoms with Crippen molar-refractivity contribution in [1.29, 1.82) is 0 Å². The number of likely N-dealkylation sites (tertiary alicyclic amines) is 1. The molecule has 0 radical (unpaired) electrons. The van der Waals surface area contributed by atoms with Crippen LogP contribution in [0.5, 0.6) is 5.75 Å². The maximum absolute atomic E-state index is 5.25. The van der Waals surface area contributed by atoms with Crippen LogP contribution in [0.3, 0.4) is 0 Å². The molecular weight excluding hydrogens is 473 g/mol. The van der Waals surface area contributed by atoms with E-state index in [1.807, 2.05) is 30.8 Å². The minimum Gasteiger partial charge on any atom is -0.497 e. The minimum absolute atomic E-state index is 0. The monoisotopic (exact) mass is 497 g/mol. The number of guanidine groups is 1. The van der Waals surface area contributed by atoms with Crippen LogP contribution in [0, 0.1) is 0 Å². The van der Waals surface area contributed by atoms with Crippen LogP contribution in [0.1, 0.15) is 23.6 Å². The molecule has 8 heteroatoms. The van der Waals surface area contributed by atoms with Gasteiger partial charge in [-0.05, 0) is 24.1 Å². The topological polar surface area (TPSA) is 54.2 Å². The predicted octanol–water partition coefficient (Wildman–Crippen LogP) is 3.59. The van der Waals surface area contributed by atoms with Gasteiger partial charge < -0.3 is 15.0 Å². The third-order valence-corrected chi connectivity index (χ3v) is 5.63. The van der Waals surface area contributed by atoms with Crippen LogP contribution >= 0.6 is 35.3 Å². The smallest absolute Gasteiger partial charge is 0.193 e. The molecule has 3 aromatic rings. The summed E-state index contributed by atoms with van der Waals surface area (Å²) in [6, 6.07) is 8.41. The molecule has 144 valence electrons. The van der Waals surface area contributed by atoms with Crippen molar-refractivity contribution < 1.29 is 4.74 Å². The van der Waals surface area contributed by atoms with Crippen molar-refractivity contribution in [2.24, 2.45) is 4.99 Å². The van der Waals surface area contributed by atoms with Gasteiger partial charge in [0.05, 0.1) is 19.3 Å². The third kappa shape index (κ3) is 4.37. The van der Waals surface area contributed by atoms with Gasteiger partial charge in [0.2, 0.25) is 0 Å². The van der Waals surface area contributed by atoms with E-state index in [0.717, 1.165) is 41.9 Å². The molecule has 1 atom stereocenters. The summed E-state index contributed by atoms with van der Waals surface area (Å²) in [6.45, 7) is 2.67. The van der Waals surface area contributed by atoms with Gasteiger partial charge in [-0.3, -0.25) is 9.39 Å². The summed E-state index contributed by atoms with van der Waals surface area (Å²) >= 11 is 1.65. The number of ether oxygens (including phenoxy) is 1. The summed E-state index contributed by atoms with van der Waals surface area (Å²) in [4.78, 5) is 12.4. The fourth-order valence-electron chi connectivity index (χ4n) is 3.46. The fraction of sp³-hybridized carbons (Fsp3) is 0.368. The first kappa shape index (κ1) is 19.9. The number of aromatic nitrogens is 2. The zero-order chi connectivity index (χ0) is 17.9. The normalized spacial score (nSPS) is 17.2. The van der Waals surface area contributed by atoms with Gasteiger partial charge in [0, 0.05) is 43.8 Å². The maximum Gasteiger partial charge on any atom is 0.193 e. The van der Waals surface area contributed by atoms with Gasteiger partial charge in [-0.25, -0.2) is 4.98 Å².